The number of methoxy groups -OCH3 is 1. The third-order valence-electron chi connectivity index (χ3n) is 5.11. The molecule has 1 atom stereocenters. The minimum atomic E-state index is -1.96. The van der Waals surface area contributed by atoms with Gasteiger partial charge in [0.05, 0.1) is 24.8 Å². The molecule has 7 nitrogen and oxygen atoms in total. The van der Waals surface area contributed by atoms with Gasteiger partial charge in [0.25, 0.3) is 11.8 Å². The van der Waals surface area contributed by atoms with Crippen LogP contribution in [0.5, 0.6) is 11.5 Å². The molecule has 1 unspecified atom stereocenters. The summed E-state index contributed by atoms with van der Waals surface area (Å²) in [6.07, 6.45) is 1.99. The van der Waals surface area contributed by atoms with Gasteiger partial charge in [0, 0.05) is 5.56 Å². The largest absolute Gasteiger partial charge is 0.497 e. The van der Waals surface area contributed by atoms with Gasteiger partial charge in [-0.3, -0.25) is 14.5 Å². The summed E-state index contributed by atoms with van der Waals surface area (Å²) in [7, 11) is 1.53. The molecule has 4 rings (SSSR count). The normalized spacial score (nSPS) is 15.7. The Labute approximate surface area is 237 Å². The van der Waals surface area contributed by atoms with Crippen molar-refractivity contribution >= 4 is 81.0 Å². The number of alkyl halides is 3. The summed E-state index contributed by atoms with van der Waals surface area (Å²) in [5, 5.41) is 2.58. The summed E-state index contributed by atoms with van der Waals surface area (Å²) in [4.78, 5) is 27.4. The van der Waals surface area contributed by atoms with Crippen LogP contribution in [0.15, 0.2) is 76.2 Å². The highest BCUT2D eigenvalue weighted by molar-refractivity contribution is 8.26. The fraction of sp³-hybridized carbons (Fsp3) is 0.160. The molecule has 2 amide bonds. The molecule has 192 valence electrons. The fourth-order valence-electron chi connectivity index (χ4n) is 3.25. The lowest BCUT2D eigenvalue weighted by Crippen LogP contribution is -2.47. The van der Waals surface area contributed by atoms with Crippen LogP contribution in [0.3, 0.4) is 0 Å². The molecule has 1 fully saturated rings. The number of rotatable bonds is 8. The second-order valence-corrected chi connectivity index (χ2v) is 11.7. The molecule has 2 heterocycles. The number of amides is 2. The molecule has 3 aromatic rings. The maximum absolute atomic E-state index is 12.8. The second-order valence-electron chi connectivity index (χ2n) is 7.66. The number of halogens is 3. The summed E-state index contributed by atoms with van der Waals surface area (Å²) < 4.78 is 14.7. The molecule has 1 saturated heterocycles. The highest BCUT2D eigenvalue weighted by atomic mass is 35.6. The first kappa shape index (κ1) is 27.3. The Kier molecular flexibility index (Phi) is 8.71. The van der Waals surface area contributed by atoms with Crippen LogP contribution in [0.1, 0.15) is 21.7 Å². The maximum atomic E-state index is 12.8. The summed E-state index contributed by atoms with van der Waals surface area (Å²) in [5.41, 5.74) is 1.07. The number of furan rings is 1. The third-order valence-corrected chi connectivity index (χ3v) is 7.08. The first-order valence-corrected chi connectivity index (χ1v) is 13.1. The van der Waals surface area contributed by atoms with E-state index in [0.29, 0.717) is 32.0 Å². The number of carbonyl (C=O) groups is 2. The van der Waals surface area contributed by atoms with E-state index in [1.807, 2.05) is 0 Å². The number of carbonyl (C=O) groups excluding carboxylic acids is 2. The number of nitrogens with one attached hydrogen (secondary N) is 1. The van der Waals surface area contributed by atoms with Crippen LogP contribution in [0.2, 0.25) is 0 Å². The van der Waals surface area contributed by atoms with Crippen LogP contribution in [-0.4, -0.2) is 38.2 Å². The van der Waals surface area contributed by atoms with E-state index in [9.17, 15) is 9.59 Å². The SMILES string of the molecule is COc1ccc(C(=O)NC(Oc2ccc(/C=C3\SC(=S)N(Cc4ccco4)C3=O)cc2)C(Cl)(Cl)Cl)cc1. The Morgan fingerprint density at radius 2 is 1.81 bits per heavy atom. The van der Waals surface area contributed by atoms with Gasteiger partial charge in [-0.15, -0.1) is 0 Å². The topological polar surface area (TPSA) is 81.0 Å². The lowest BCUT2D eigenvalue weighted by molar-refractivity contribution is -0.122. The molecule has 2 aromatic carbocycles. The van der Waals surface area contributed by atoms with Gasteiger partial charge < -0.3 is 19.2 Å². The van der Waals surface area contributed by atoms with Gasteiger partial charge in [-0.1, -0.05) is 70.9 Å². The van der Waals surface area contributed by atoms with Crippen LogP contribution < -0.4 is 14.8 Å². The van der Waals surface area contributed by atoms with Gasteiger partial charge in [-0.05, 0) is 60.2 Å². The van der Waals surface area contributed by atoms with Gasteiger partial charge >= 0.3 is 0 Å². The van der Waals surface area contributed by atoms with Crippen LogP contribution in [0.4, 0.5) is 0 Å². The number of thioether (sulfide) groups is 1. The zero-order valence-electron chi connectivity index (χ0n) is 19.2. The summed E-state index contributed by atoms with van der Waals surface area (Å²) in [6, 6.07) is 16.7. The van der Waals surface area contributed by atoms with Crippen molar-refractivity contribution in [2.45, 2.75) is 16.6 Å². The van der Waals surface area contributed by atoms with Crippen molar-refractivity contribution in [1.82, 2.24) is 10.2 Å². The van der Waals surface area contributed by atoms with Crippen LogP contribution in [0, 0.1) is 0 Å². The number of ether oxygens (including phenoxy) is 2. The molecular formula is C25H19Cl3N2O5S2. The molecule has 1 aliphatic heterocycles. The number of nitrogens with zero attached hydrogens (tertiary/aromatic N) is 1. The number of benzene rings is 2. The van der Waals surface area contributed by atoms with Crippen molar-refractivity contribution in [2.75, 3.05) is 7.11 Å². The molecular weight excluding hydrogens is 579 g/mol. The minimum absolute atomic E-state index is 0.204. The Morgan fingerprint density at radius 1 is 1.14 bits per heavy atom. The van der Waals surface area contributed by atoms with E-state index in [-0.39, 0.29) is 12.5 Å². The standard InChI is InChI=1S/C25H19Cl3N2O5S2/c1-33-17-10-6-16(7-11-17)21(31)29-23(25(26,27)28)35-18-8-4-15(5-9-18)13-20-22(32)30(24(36)37-20)14-19-3-2-12-34-19/h2-13,23H,14H2,1H3,(H,29,31)/b20-13-. The van der Waals surface area contributed by atoms with E-state index in [4.69, 9.17) is 60.9 Å². The quantitative estimate of drug-likeness (QED) is 0.143. The number of hydrogen-bond acceptors (Lipinski definition) is 7. The van der Waals surface area contributed by atoms with Crippen LogP contribution in [-0.2, 0) is 11.3 Å². The zero-order valence-corrected chi connectivity index (χ0v) is 23.1. The first-order valence-electron chi connectivity index (χ1n) is 10.7. The van der Waals surface area contributed by atoms with Crippen molar-refractivity contribution in [2.24, 2.45) is 0 Å². The van der Waals surface area contributed by atoms with E-state index in [0.717, 1.165) is 5.56 Å². The van der Waals surface area contributed by atoms with E-state index >= 15 is 0 Å². The Balaban J connectivity index is 1.43. The van der Waals surface area contributed by atoms with Gasteiger partial charge in [-0.25, -0.2) is 0 Å². The van der Waals surface area contributed by atoms with E-state index in [1.165, 1.54) is 23.8 Å². The lowest BCUT2D eigenvalue weighted by atomic mass is 10.2. The number of thiocarbonyl (C=S) groups is 1. The molecule has 0 radical (unpaired) electrons. The smallest absolute Gasteiger partial charge is 0.266 e. The molecule has 0 spiro atoms. The van der Waals surface area contributed by atoms with Gasteiger partial charge in [-0.2, -0.15) is 0 Å². The predicted molar refractivity (Wildman–Crippen MR) is 149 cm³/mol. The summed E-state index contributed by atoms with van der Waals surface area (Å²) in [6.45, 7) is 0.266. The molecule has 12 heteroatoms. The van der Waals surface area contributed by atoms with Crippen molar-refractivity contribution < 1.29 is 23.5 Å². The Hall–Kier alpha value is -2.69. The van der Waals surface area contributed by atoms with Crippen molar-refractivity contribution in [3.63, 3.8) is 0 Å². The number of hydrogen-bond donors (Lipinski definition) is 1. The van der Waals surface area contributed by atoms with Crippen molar-refractivity contribution in [3.05, 3.63) is 88.7 Å². The Morgan fingerprint density at radius 3 is 2.41 bits per heavy atom. The third kappa shape index (κ3) is 7.00. The molecule has 1 N–H and O–H groups in total. The molecule has 1 aliphatic rings. The zero-order chi connectivity index (χ0) is 26.6. The lowest BCUT2D eigenvalue weighted by Gasteiger charge is -2.26. The molecule has 0 bridgehead atoms. The van der Waals surface area contributed by atoms with E-state index in [1.54, 1.807) is 73.0 Å². The second kappa shape index (κ2) is 11.8. The van der Waals surface area contributed by atoms with E-state index < -0.39 is 15.9 Å². The molecule has 0 aliphatic carbocycles. The summed E-state index contributed by atoms with van der Waals surface area (Å²) >= 11 is 24.8. The predicted octanol–water partition coefficient (Wildman–Crippen LogP) is 6.19. The highest BCUT2D eigenvalue weighted by Crippen LogP contribution is 2.35. The van der Waals surface area contributed by atoms with Crippen molar-refractivity contribution in [1.29, 1.82) is 0 Å². The van der Waals surface area contributed by atoms with Crippen molar-refractivity contribution in [3.8, 4) is 11.5 Å². The van der Waals surface area contributed by atoms with Gasteiger partial charge in [0.1, 0.15) is 21.6 Å². The Bertz CT molecular complexity index is 1310. The van der Waals surface area contributed by atoms with Crippen LogP contribution in [0.25, 0.3) is 6.08 Å². The first-order chi connectivity index (χ1) is 17.6. The minimum Gasteiger partial charge on any atom is -0.497 e. The van der Waals surface area contributed by atoms with Crippen LogP contribution >= 0.6 is 58.8 Å². The summed E-state index contributed by atoms with van der Waals surface area (Å²) in [5.74, 6) is 0.887. The molecule has 37 heavy (non-hydrogen) atoms. The average molecular weight is 598 g/mol. The monoisotopic (exact) mass is 596 g/mol. The van der Waals surface area contributed by atoms with Gasteiger partial charge in [0.2, 0.25) is 10.0 Å². The fourth-order valence-corrected chi connectivity index (χ4v) is 4.80. The van der Waals surface area contributed by atoms with Gasteiger partial charge in [0.15, 0.2) is 0 Å². The highest BCUT2D eigenvalue weighted by Gasteiger charge is 2.36. The van der Waals surface area contributed by atoms with E-state index in [2.05, 4.69) is 5.32 Å². The average Bonchev–Trinajstić information content (AvgIpc) is 3.48. The molecule has 1 aromatic heterocycles. The maximum Gasteiger partial charge on any atom is 0.266 e. The molecule has 0 saturated carbocycles.